The first-order chi connectivity index (χ1) is 15.7. The van der Waals surface area contributed by atoms with E-state index in [1.54, 1.807) is 11.1 Å². The van der Waals surface area contributed by atoms with Gasteiger partial charge in [0, 0.05) is 18.0 Å². The van der Waals surface area contributed by atoms with Gasteiger partial charge >= 0.3 is 0 Å². The van der Waals surface area contributed by atoms with Gasteiger partial charge in [0.2, 0.25) is 11.8 Å². The molecular weight excluding hydrogens is 428 g/mol. The summed E-state index contributed by atoms with van der Waals surface area (Å²) in [5.74, 6) is 1.60. The van der Waals surface area contributed by atoms with E-state index in [1.165, 1.54) is 6.33 Å². The summed E-state index contributed by atoms with van der Waals surface area (Å²) in [7, 11) is 0. The Morgan fingerprint density at radius 1 is 1.12 bits per heavy atom. The second-order valence-electron chi connectivity index (χ2n) is 7.70. The van der Waals surface area contributed by atoms with Crippen LogP contribution in [0.3, 0.4) is 0 Å². The van der Waals surface area contributed by atoms with Crippen molar-refractivity contribution in [3.63, 3.8) is 0 Å². The van der Waals surface area contributed by atoms with Gasteiger partial charge in [0.15, 0.2) is 6.61 Å². The number of ether oxygens (including phenoxy) is 1. The molecule has 1 atom stereocenters. The second kappa shape index (κ2) is 8.96. The average Bonchev–Trinajstić information content (AvgIpc) is 3.48. The molecule has 0 aliphatic carbocycles. The van der Waals surface area contributed by atoms with Crippen LogP contribution in [0.5, 0.6) is 5.88 Å². The normalized spacial score (nSPS) is 15.9. The predicted molar refractivity (Wildman–Crippen MR) is 119 cm³/mol. The molecule has 0 radical (unpaired) electrons. The van der Waals surface area contributed by atoms with E-state index in [0.29, 0.717) is 29.8 Å². The molecule has 3 heterocycles. The predicted octanol–water partition coefficient (Wildman–Crippen LogP) is 4.60. The summed E-state index contributed by atoms with van der Waals surface area (Å²) < 4.78 is 11.8. The molecule has 4 aromatic rings. The Kier molecular flexibility index (Phi) is 5.73. The Hall–Kier alpha value is -3.45. The van der Waals surface area contributed by atoms with E-state index in [-0.39, 0.29) is 18.6 Å². The van der Waals surface area contributed by atoms with Crippen molar-refractivity contribution in [3.05, 3.63) is 83.3 Å². The number of amides is 1. The zero-order valence-electron chi connectivity index (χ0n) is 17.3. The number of nitrogens with zero attached hydrogens (tertiary/aromatic N) is 4. The van der Waals surface area contributed by atoms with Gasteiger partial charge in [-0.25, -0.2) is 15.0 Å². The minimum absolute atomic E-state index is 0.101. The molecule has 0 N–H and O–H groups in total. The Bertz CT molecular complexity index is 1240. The van der Waals surface area contributed by atoms with Crippen molar-refractivity contribution in [2.45, 2.75) is 25.3 Å². The van der Waals surface area contributed by atoms with Crippen LogP contribution in [0, 0.1) is 0 Å². The summed E-state index contributed by atoms with van der Waals surface area (Å²) in [6.07, 6.45) is 5.49. The Morgan fingerprint density at radius 3 is 2.84 bits per heavy atom. The molecule has 5 rings (SSSR count). The van der Waals surface area contributed by atoms with Crippen molar-refractivity contribution in [2.75, 3.05) is 13.2 Å². The van der Waals surface area contributed by atoms with Crippen LogP contribution in [-0.2, 0) is 11.2 Å². The monoisotopic (exact) mass is 448 g/mol. The molecule has 2 aromatic heterocycles. The smallest absolute Gasteiger partial charge is 0.261 e. The Balaban J connectivity index is 1.25. The fraction of sp³-hybridized carbons (Fsp3) is 0.250. The molecule has 0 bridgehead atoms. The third-order valence-electron chi connectivity index (χ3n) is 5.56. The zero-order chi connectivity index (χ0) is 21.9. The maximum absolute atomic E-state index is 12.9. The number of halogens is 1. The van der Waals surface area contributed by atoms with Crippen molar-refractivity contribution in [1.82, 2.24) is 19.9 Å². The maximum Gasteiger partial charge on any atom is 0.261 e. The number of rotatable bonds is 6. The van der Waals surface area contributed by atoms with Gasteiger partial charge in [-0.2, -0.15) is 0 Å². The van der Waals surface area contributed by atoms with E-state index < -0.39 is 0 Å². The molecule has 162 valence electrons. The average molecular weight is 449 g/mol. The minimum Gasteiger partial charge on any atom is -0.467 e. The number of benzene rings is 2. The van der Waals surface area contributed by atoms with Gasteiger partial charge in [-0.3, -0.25) is 4.79 Å². The van der Waals surface area contributed by atoms with Crippen molar-refractivity contribution in [1.29, 1.82) is 0 Å². The lowest BCUT2D eigenvalue weighted by Gasteiger charge is -2.22. The first-order valence-corrected chi connectivity index (χ1v) is 10.9. The van der Waals surface area contributed by atoms with Gasteiger partial charge in [0.25, 0.3) is 5.91 Å². The summed E-state index contributed by atoms with van der Waals surface area (Å²) in [6.45, 7) is 0.544. The van der Waals surface area contributed by atoms with Crippen molar-refractivity contribution in [2.24, 2.45) is 0 Å². The van der Waals surface area contributed by atoms with E-state index in [0.717, 1.165) is 35.1 Å². The highest BCUT2D eigenvalue weighted by atomic mass is 35.5. The molecule has 1 saturated heterocycles. The summed E-state index contributed by atoms with van der Waals surface area (Å²) in [4.78, 5) is 27.6. The molecule has 8 heteroatoms. The lowest BCUT2D eigenvalue weighted by atomic mass is 10.1. The van der Waals surface area contributed by atoms with Crippen LogP contribution >= 0.6 is 11.6 Å². The maximum atomic E-state index is 12.9. The highest BCUT2D eigenvalue weighted by molar-refractivity contribution is 6.30. The van der Waals surface area contributed by atoms with Gasteiger partial charge in [-0.1, -0.05) is 35.9 Å². The number of likely N-dealkylation sites (tertiary alicyclic amines) is 1. The number of para-hydroxylation sites is 1. The molecular formula is C24H21ClN4O3. The molecule has 32 heavy (non-hydrogen) atoms. The minimum atomic E-state index is -0.188. The lowest BCUT2D eigenvalue weighted by Crippen LogP contribution is -2.34. The van der Waals surface area contributed by atoms with Crippen LogP contribution in [0.2, 0.25) is 5.02 Å². The largest absolute Gasteiger partial charge is 0.467 e. The quantitative estimate of drug-likeness (QED) is 0.428. The van der Waals surface area contributed by atoms with Crippen LogP contribution in [0.15, 0.2) is 65.5 Å². The van der Waals surface area contributed by atoms with Gasteiger partial charge in [-0.15, -0.1) is 0 Å². The van der Waals surface area contributed by atoms with Crippen molar-refractivity contribution < 1.29 is 13.9 Å². The third-order valence-corrected chi connectivity index (χ3v) is 5.81. The van der Waals surface area contributed by atoms with Crippen LogP contribution in [0.4, 0.5) is 0 Å². The van der Waals surface area contributed by atoms with Crippen molar-refractivity contribution >= 4 is 28.4 Å². The molecule has 1 aliphatic rings. The number of fused-ring (bicyclic) bond motifs is 1. The standard InChI is InChI=1S/C24H21ClN4O3/c25-17-9-7-16(8-10-17)12-18-13-26-24(32-18)21-6-3-11-29(21)22(30)14-31-23-19-4-1-2-5-20(19)27-15-28-23/h1-2,4-5,7-10,13,15,21H,3,6,11-12,14H2. The van der Waals surface area contributed by atoms with Gasteiger partial charge in [-0.05, 0) is 42.7 Å². The Morgan fingerprint density at radius 2 is 1.97 bits per heavy atom. The lowest BCUT2D eigenvalue weighted by molar-refractivity contribution is -0.134. The molecule has 1 amide bonds. The first kappa shape index (κ1) is 20.5. The van der Waals surface area contributed by atoms with Gasteiger partial charge in [0.05, 0.1) is 17.1 Å². The van der Waals surface area contributed by atoms with Crippen LogP contribution < -0.4 is 4.74 Å². The van der Waals surface area contributed by atoms with E-state index in [1.807, 2.05) is 48.5 Å². The Labute approximate surface area is 190 Å². The molecule has 0 spiro atoms. The SMILES string of the molecule is O=C(COc1ncnc2ccccc12)N1CCCC1c1ncc(Cc2ccc(Cl)cc2)o1. The van der Waals surface area contributed by atoms with Crippen LogP contribution in [-0.4, -0.2) is 38.9 Å². The van der Waals surface area contributed by atoms with E-state index in [9.17, 15) is 4.79 Å². The van der Waals surface area contributed by atoms with E-state index in [4.69, 9.17) is 20.8 Å². The molecule has 1 fully saturated rings. The zero-order valence-corrected chi connectivity index (χ0v) is 18.0. The first-order valence-electron chi connectivity index (χ1n) is 10.5. The topological polar surface area (TPSA) is 81.4 Å². The fourth-order valence-corrected chi connectivity index (χ4v) is 4.12. The summed E-state index contributed by atoms with van der Waals surface area (Å²) in [5.41, 5.74) is 1.86. The highest BCUT2D eigenvalue weighted by Gasteiger charge is 2.33. The number of aromatic nitrogens is 3. The van der Waals surface area contributed by atoms with Gasteiger partial charge < -0.3 is 14.1 Å². The highest BCUT2D eigenvalue weighted by Crippen LogP contribution is 2.32. The molecule has 0 saturated carbocycles. The van der Waals surface area contributed by atoms with E-state index in [2.05, 4.69) is 15.0 Å². The summed E-state index contributed by atoms with van der Waals surface area (Å²) in [6, 6.07) is 15.0. The number of carbonyl (C=O) groups excluding carboxylic acids is 1. The van der Waals surface area contributed by atoms with Crippen LogP contribution in [0.25, 0.3) is 10.9 Å². The number of carbonyl (C=O) groups is 1. The van der Waals surface area contributed by atoms with E-state index >= 15 is 0 Å². The summed E-state index contributed by atoms with van der Waals surface area (Å²) in [5, 5.41) is 1.48. The fourth-order valence-electron chi connectivity index (χ4n) is 3.99. The summed E-state index contributed by atoms with van der Waals surface area (Å²) >= 11 is 5.95. The van der Waals surface area contributed by atoms with Crippen LogP contribution in [0.1, 0.15) is 36.1 Å². The molecule has 1 aliphatic heterocycles. The number of hydrogen-bond donors (Lipinski definition) is 0. The van der Waals surface area contributed by atoms with Gasteiger partial charge in [0.1, 0.15) is 18.1 Å². The number of oxazole rings is 1. The molecule has 1 unspecified atom stereocenters. The third kappa shape index (κ3) is 4.29. The molecule has 2 aromatic carbocycles. The van der Waals surface area contributed by atoms with Crippen molar-refractivity contribution in [3.8, 4) is 5.88 Å². The number of hydrogen-bond acceptors (Lipinski definition) is 6. The second-order valence-corrected chi connectivity index (χ2v) is 8.13. The molecule has 7 nitrogen and oxygen atoms in total.